The van der Waals surface area contributed by atoms with E-state index in [9.17, 15) is 4.39 Å². The van der Waals surface area contributed by atoms with E-state index in [-0.39, 0.29) is 5.83 Å². The van der Waals surface area contributed by atoms with Crippen LogP contribution < -0.4 is 0 Å². The number of halogens is 2. The second kappa shape index (κ2) is 3.93. The molecule has 0 fully saturated rings. The number of allylic oxidation sites excluding steroid dienone is 4. The van der Waals surface area contributed by atoms with Crippen molar-refractivity contribution < 1.29 is 4.39 Å². The molecule has 0 heterocycles. The molecular formula is C7H7ClFNS. The fourth-order valence-corrected chi connectivity index (χ4v) is 1.25. The average Bonchev–Trinajstić information content (AvgIpc) is 1.97. The molecule has 0 spiro atoms. The molecule has 0 N–H and O–H groups in total. The smallest absolute Gasteiger partial charge is 0.129 e. The summed E-state index contributed by atoms with van der Waals surface area (Å²) in [5.41, 5.74) is 0.355. The number of nitrogens with zero attached hydrogens (tertiary/aromatic N) is 1. The second-order valence-electron chi connectivity index (χ2n) is 2.15. The summed E-state index contributed by atoms with van der Waals surface area (Å²) in [5.74, 6) is -0.306. The largest absolute Gasteiger partial charge is 0.227 e. The summed E-state index contributed by atoms with van der Waals surface area (Å²) in [7, 11) is 0. The zero-order chi connectivity index (χ0) is 8.27. The summed E-state index contributed by atoms with van der Waals surface area (Å²) in [4.78, 5) is 0. The van der Waals surface area contributed by atoms with Crippen LogP contribution in [-0.4, -0.2) is 6.21 Å². The molecule has 0 radical (unpaired) electrons. The van der Waals surface area contributed by atoms with Crippen LogP contribution in [-0.2, 0) is 0 Å². The minimum absolute atomic E-state index is 0.306. The number of rotatable bonds is 1. The maximum Gasteiger partial charge on any atom is 0.129 e. The third-order valence-corrected chi connectivity index (χ3v) is 1.93. The standard InChI is InChI=1S/C7H7ClFNS/c8-6-2-1-3-7(9)5(6)4-10-11/h3-4,11H,1-2H2/b10-4+. The molecule has 0 amide bonds. The molecule has 0 atom stereocenters. The number of hydrogen-bond acceptors (Lipinski definition) is 2. The highest BCUT2D eigenvalue weighted by molar-refractivity contribution is 7.79. The topological polar surface area (TPSA) is 12.4 Å². The summed E-state index contributed by atoms with van der Waals surface area (Å²) in [6, 6.07) is 0. The van der Waals surface area contributed by atoms with Crippen LogP contribution in [0.1, 0.15) is 12.8 Å². The van der Waals surface area contributed by atoms with Crippen molar-refractivity contribution in [3.8, 4) is 0 Å². The van der Waals surface area contributed by atoms with Gasteiger partial charge in [0.2, 0.25) is 0 Å². The molecule has 1 nitrogen and oxygen atoms in total. The van der Waals surface area contributed by atoms with Crippen molar-refractivity contribution >= 4 is 30.6 Å². The second-order valence-corrected chi connectivity index (χ2v) is 2.84. The summed E-state index contributed by atoms with van der Waals surface area (Å²) in [5, 5.41) is 0.516. The van der Waals surface area contributed by atoms with Crippen LogP contribution in [0.5, 0.6) is 0 Å². The molecular weight excluding hydrogens is 185 g/mol. The van der Waals surface area contributed by atoms with E-state index in [0.29, 0.717) is 23.4 Å². The van der Waals surface area contributed by atoms with E-state index in [4.69, 9.17) is 11.6 Å². The quantitative estimate of drug-likeness (QED) is 0.483. The first-order valence-corrected chi connectivity index (χ1v) is 3.95. The molecule has 0 aromatic carbocycles. The molecule has 11 heavy (non-hydrogen) atoms. The summed E-state index contributed by atoms with van der Waals surface area (Å²) in [6.45, 7) is 0. The van der Waals surface area contributed by atoms with Gasteiger partial charge >= 0.3 is 0 Å². The van der Waals surface area contributed by atoms with Crippen LogP contribution in [0.3, 0.4) is 0 Å². The Kier molecular flexibility index (Phi) is 3.15. The maximum absolute atomic E-state index is 12.9. The first-order chi connectivity index (χ1) is 5.25. The fourth-order valence-electron chi connectivity index (χ4n) is 0.889. The SMILES string of the molecule is FC1=CCCC(Cl)=C1/C=N/S. The molecule has 1 rings (SSSR count). The average molecular weight is 192 g/mol. The van der Waals surface area contributed by atoms with E-state index < -0.39 is 0 Å². The summed E-state index contributed by atoms with van der Waals surface area (Å²) in [6.07, 6.45) is 4.16. The van der Waals surface area contributed by atoms with Crippen LogP contribution in [0.15, 0.2) is 26.9 Å². The Morgan fingerprint density at radius 1 is 1.73 bits per heavy atom. The van der Waals surface area contributed by atoms with E-state index in [2.05, 4.69) is 17.2 Å². The monoisotopic (exact) mass is 191 g/mol. The molecule has 0 aliphatic heterocycles. The van der Waals surface area contributed by atoms with Gasteiger partial charge in [-0.05, 0) is 31.7 Å². The lowest BCUT2D eigenvalue weighted by Crippen LogP contribution is -1.95. The summed E-state index contributed by atoms with van der Waals surface area (Å²) < 4.78 is 16.3. The minimum Gasteiger partial charge on any atom is -0.227 e. The molecule has 1 aliphatic carbocycles. The van der Waals surface area contributed by atoms with E-state index in [1.165, 1.54) is 12.3 Å². The van der Waals surface area contributed by atoms with Crippen molar-refractivity contribution in [3.05, 3.63) is 22.5 Å². The third kappa shape index (κ3) is 2.07. The van der Waals surface area contributed by atoms with Gasteiger partial charge in [0.25, 0.3) is 0 Å². The van der Waals surface area contributed by atoms with Crippen molar-refractivity contribution in [3.63, 3.8) is 0 Å². The molecule has 0 saturated carbocycles. The Morgan fingerprint density at radius 2 is 2.45 bits per heavy atom. The van der Waals surface area contributed by atoms with Crippen LogP contribution >= 0.6 is 24.4 Å². The Hall–Kier alpha value is -0.280. The molecule has 0 aromatic rings. The van der Waals surface area contributed by atoms with Gasteiger partial charge in [0.05, 0.1) is 0 Å². The molecule has 60 valence electrons. The van der Waals surface area contributed by atoms with Gasteiger partial charge < -0.3 is 0 Å². The molecule has 4 heteroatoms. The van der Waals surface area contributed by atoms with Gasteiger partial charge in [0.1, 0.15) is 5.83 Å². The van der Waals surface area contributed by atoms with Crippen molar-refractivity contribution in [2.24, 2.45) is 4.40 Å². The fraction of sp³-hybridized carbons (Fsp3) is 0.286. The normalized spacial score (nSPS) is 19.4. The van der Waals surface area contributed by atoms with E-state index in [1.807, 2.05) is 0 Å². The molecule has 0 aromatic heterocycles. The molecule has 1 aliphatic rings. The molecule has 0 saturated heterocycles. The van der Waals surface area contributed by atoms with E-state index in [0.717, 1.165) is 0 Å². The Labute approximate surface area is 75.2 Å². The predicted molar refractivity (Wildman–Crippen MR) is 48.8 cm³/mol. The van der Waals surface area contributed by atoms with E-state index in [1.54, 1.807) is 0 Å². The van der Waals surface area contributed by atoms with Gasteiger partial charge in [-0.25, -0.2) is 8.79 Å². The highest BCUT2D eigenvalue weighted by atomic mass is 35.5. The predicted octanol–water partition coefficient (Wildman–Crippen LogP) is 3.04. The lowest BCUT2D eigenvalue weighted by molar-refractivity contribution is 0.644. The van der Waals surface area contributed by atoms with Crippen LogP contribution in [0.2, 0.25) is 0 Å². The Balaban J connectivity index is 2.94. The first-order valence-electron chi connectivity index (χ1n) is 3.18. The maximum atomic E-state index is 12.9. The van der Waals surface area contributed by atoms with Crippen molar-refractivity contribution in [1.29, 1.82) is 0 Å². The van der Waals surface area contributed by atoms with Crippen LogP contribution in [0.25, 0.3) is 0 Å². The van der Waals surface area contributed by atoms with E-state index >= 15 is 0 Å². The Morgan fingerprint density at radius 3 is 3.00 bits per heavy atom. The lowest BCUT2D eigenvalue weighted by Gasteiger charge is -2.07. The zero-order valence-electron chi connectivity index (χ0n) is 5.72. The van der Waals surface area contributed by atoms with Gasteiger partial charge in [-0.2, -0.15) is 0 Å². The highest BCUT2D eigenvalue weighted by Crippen LogP contribution is 2.27. The number of thiol groups is 1. The van der Waals surface area contributed by atoms with Gasteiger partial charge in [-0.3, -0.25) is 0 Å². The first kappa shape index (κ1) is 8.81. The molecule has 0 bridgehead atoms. The van der Waals surface area contributed by atoms with Gasteiger partial charge in [-0.1, -0.05) is 11.6 Å². The highest BCUT2D eigenvalue weighted by Gasteiger charge is 2.11. The summed E-state index contributed by atoms with van der Waals surface area (Å²) >= 11 is 9.32. The Bertz CT molecular complexity index is 245. The number of hydrogen-bond donors (Lipinski definition) is 1. The van der Waals surface area contributed by atoms with Crippen LogP contribution in [0.4, 0.5) is 4.39 Å². The lowest BCUT2D eigenvalue weighted by atomic mass is 10.1. The van der Waals surface area contributed by atoms with Crippen molar-refractivity contribution in [1.82, 2.24) is 0 Å². The van der Waals surface area contributed by atoms with Gasteiger partial charge in [0.15, 0.2) is 0 Å². The zero-order valence-corrected chi connectivity index (χ0v) is 7.37. The van der Waals surface area contributed by atoms with Crippen molar-refractivity contribution in [2.75, 3.05) is 0 Å². The minimum atomic E-state index is -0.306. The molecule has 0 unspecified atom stereocenters. The van der Waals surface area contributed by atoms with Crippen molar-refractivity contribution in [2.45, 2.75) is 12.8 Å². The van der Waals surface area contributed by atoms with Gasteiger partial charge in [-0.15, -0.1) is 0 Å². The van der Waals surface area contributed by atoms with Gasteiger partial charge in [0, 0.05) is 16.8 Å². The third-order valence-electron chi connectivity index (χ3n) is 1.42. The van der Waals surface area contributed by atoms with Crippen LogP contribution in [0, 0.1) is 0 Å².